The van der Waals surface area contributed by atoms with Gasteiger partial charge in [0.2, 0.25) is 5.91 Å². The SMILES string of the molecule is Cc1ccn(-c2cc(NCCNC(=O)Cc3ccc(C(F)(F)F)cc3)ncn2)n1. The largest absolute Gasteiger partial charge is 0.416 e. The highest BCUT2D eigenvalue weighted by atomic mass is 19.4. The standard InChI is InChI=1S/C19H19F3N6O/c1-13-6-9-28(27-13)17-11-16(25-12-26-17)23-7-8-24-18(29)10-14-2-4-15(5-3-14)19(20,21)22/h2-6,9,11-12H,7-8,10H2,1H3,(H,24,29)(H,23,25,26). The van der Waals surface area contributed by atoms with Gasteiger partial charge in [0.25, 0.3) is 0 Å². The van der Waals surface area contributed by atoms with E-state index in [-0.39, 0.29) is 12.3 Å². The second-order valence-corrected chi connectivity index (χ2v) is 6.31. The maximum atomic E-state index is 12.6. The fraction of sp³-hybridized carbons (Fsp3) is 0.263. The van der Waals surface area contributed by atoms with Gasteiger partial charge in [0, 0.05) is 25.4 Å². The van der Waals surface area contributed by atoms with E-state index >= 15 is 0 Å². The molecule has 152 valence electrons. The summed E-state index contributed by atoms with van der Waals surface area (Å²) in [5.74, 6) is 0.920. The molecule has 0 spiro atoms. The lowest BCUT2D eigenvalue weighted by molar-refractivity contribution is -0.137. The van der Waals surface area contributed by atoms with Gasteiger partial charge in [0.1, 0.15) is 12.1 Å². The van der Waals surface area contributed by atoms with Gasteiger partial charge in [-0.25, -0.2) is 14.6 Å². The molecular weight excluding hydrogens is 385 g/mol. The molecule has 1 amide bonds. The minimum Gasteiger partial charge on any atom is -0.368 e. The summed E-state index contributed by atoms with van der Waals surface area (Å²) in [6.07, 6.45) is -1.17. The van der Waals surface area contributed by atoms with E-state index in [0.29, 0.717) is 30.3 Å². The Labute approximate surface area is 165 Å². The highest BCUT2D eigenvalue weighted by molar-refractivity contribution is 5.78. The first kappa shape index (κ1) is 20.3. The number of anilines is 1. The van der Waals surface area contributed by atoms with Crippen molar-refractivity contribution < 1.29 is 18.0 Å². The molecule has 10 heteroatoms. The quantitative estimate of drug-likeness (QED) is 0.592. The third-order valence-electron chi connectivity index (χ3n) is 4.01. The summed E-state index contributed by atoms with van der Waals surface area (Å²) in [4.78, 5) is 20.2. The first-order chi connectivity index (χ1) is 13.8. The van der Waals surface area contributed by atoms with Crippen molar-refractivity contribution in [3.63, 3.8) is 0 Å². The smallest absolute Gasteiger partial charge is 0.368 e. The Morgan fingerprint density at radius 1 is 1.10 bits per heavy atom. The number of benzene rings is 1. The van der Waals surface area contributed by atoms with Crippen molar-refractivity contribution in [3.05, 3.63) is 65.7 Å². The van der Waals surface area contributed by atoms with Crippen LogP contribution in [0, 0.1) is 6.92 Å². The van der Waals surface area contributed by atoms with Crippen LogP contribution >= 0.6 is 0 Å². The molecule has 0 saturated heterocycles. The molecule has 0 aliphatic rings. The zero-order valence-corrected chi connectivity index (χ0v) is 15.6. The molecule has 0 unspecified atom stereocenters. The molecule has 2 N–H and O–H groups in total. The fourth-order valence-corrected chi connectivity index (χ4v) is 2.56. The number of aryl methyl sites for hydroxylation is 1. The Morgan fingerprint density at radius 2 is 1.86 bits per heavy atom. The van der Waals surface area contributed by atoms with Crippen molar-refractivity contribution in [2.45, 2.75) is 19.5 Å². The van der Waals surface area contributed by atoms with Gasteiger partial charge in [-0.1, -0.05) is 12.1 Å². The third kappa shape index (κ3) is 5.77. The van der Waals surface area contributed by atoms with Gasteiger partial charge in [0.05, 0.1) is 17.7 Å². The van der Waals surface area contributed by atoms with Gasteiger partial charge in [0.15, 0.2) is 5.82 Å². The zero-order valence-electron chi connectivity index (χ0n) is 15.6. The Kier molecular flexibility index (Phi) is 6.10. The van der Waals surface area contributed by atoms with Gasteiger partial charge in [-0.2, -0.15) is 18.3 Å². The van der Waals surface area contributed by atoms with Crippen LogP contribution < -0.4 is 10.6 Å². The third-order valence-corrected chi connectivity index (χ3v) is 4.01. The number of carbonyl (C=O) groups excluding carboxylic acids is 1. The minimum atomic E-state index is -4.39. The molecule has 7 nitrogen and oxygen atoms in total. The lowest BCUT2D eigenvalue weighted by atomic mass is 10.1. The summed E-state index contributed by atoms with van der Waals surface area (Å²) in [6, 6.07) is 8.15. The highest BCUT2D eigenvalue weighted by Crippen LogP contribution is 2.29. The summed E-state index contributed by atoms with van der Waals surface area (Å²) in [5, 5.41) is 10.1. The zero-order chi connectivity index (χ0) is 20.9. The molecule has 3 aromatic rings. The summed E-state index contributed by atoms with van der Waals surface area (Å²) < 4.78 is 39.3. The molecular formula is C19H19F3N6O. The van der Waals surface area contributed by atoms with Gasteiger partial charge >= 0.3 is 6.18 Å². The molecule has 1 aromatic carbocycles. The second kappa shape index (κ2) is 8.72. The van der Waals surface area contributed by atoms with Crippen LogP contribution in [0.4, 0.5) is 19.0 Å². The number of hydrogen-bond donors (Lipinski definition) is 2. The molecule has 0 saturated carbocycles. The number of nitrogens with zero attached hydrogens (tertiary/aromatic N) is 4. The van der Waals surface area contributed by atoms with Gasteiger partial charge in [-0.3, -0.25) is 4.79 Å². The van der Waals surface area contributed by atoms with E-state index in [2.05, 4.69) is 25.7 Å². The summed E-state index contributed by atoms with van der Waals surface area (Å²) >= 11 is 0. The van der Waals surface area contributed by atoms with Gasteiger partial charge in [-0.05, 0) is 30.7 Å². The second-order valence-electron chi connectivity index (χ2n) is 6.31. The van der Waals surface area contributed by atoms with E-state index in [1.54, 1.807) is 16.9 Å². The Hall–Kier alpha value is -3.43. The number of hydrogen-bond acceptors (Lipinski definition) is 5. The monoisotopic (exact) mass is 404 g/mol. The van der Waals surface area contributed by atoms with Crippen LogP contribution in [0.1, 0.15) is 16.8 Å². The van der Waals surface area contributed by atoms with E-state index in [1.807, 2.05) is 13.0 Å². The van der Waals surface area contributed by atoms with Crippen LogP contribution in [0.3, 0.4) is 0 Å². The van der Waals surface area contributed by atoms with E-state index in [1.165, 1.54) is 18.5 Å². The van der Waals surface area contributed by atoms with Crippen LogP contribution in [-0.4, -0.2) is 38.7 Å². The van der Waals surface area contributed by atoms with E-state index in [0.717, 1.165) is 17.8 Å². The number of rotatable bonds is 7. The lowest BCUT2D eigenvalue weighted by Crippen LogP contribution is -2.30. The van der Waals surface area contributed by atoms with Crippen molar-refractivity contribution in [2.24, 2.45) is 0 Å². The van der Waals surface area contributed by atoms with Crippen LogP contribution in [0.25, 0.3) is 5.82 Å². The van der Waals surface area contributed by atoms with Crippen molar-refractivity contribution >= 4 is 11.7 Å². The van der Waals surface area contributed by atoms with Gasteiger partial charge in [-0.15, -0.1) is 0 Å². The Balaban J connectivity index is 1.44. The number of amides is 1. The fourth-order valence-electron chi connectivity index (χ4n) is 2.56. The molecule has 0 fully saturated rings. The van der Waals surface area contributed by atoms with Crippen molar-refractivity contribution in [2.75, 3.05) is 18.4 Å². The van der Waals surface area contributed by atoms with E-state index < -0.39 is 11.7 Å². The molecule has 2 aromatic heterocycles. The molecule has 0 bridgehead atoms. The first-order valence-corrected chi connectivity index (χ1v) is 8.83. The topological polar surface area (TPSA) is 84.7 Å². The first-order valence-electron chi connectivity index (χ1n) is 8.83. The minimum absolute atomic E-state index is 0.00838. The number of aromatic nitrogens is 4. The average molecular weight is 404 g/mol. The van der Waals surface area contributed by atoms with Crippen LogP contribution in [0.5, 0.6) is 0 Å². The van der Waals surface area contributed by atoms with Gasteiger partial charge < -0.3 is 10.6 Å². The number of alkyl halides is 3. The molecule has 2 heterocycles. The summed E-state index contributed by atoms with van der Waals surface area (Å²) in [6.45, 7) is 2.64. The predicted octanol–water partition coefficient (Wildman–Crippen LogP) is 2.76. The lowest BCUT2D eigenvalue weighted by Gasteiger charge is -2.09. The van der Waals surface area contributed by atoms with E-state index in [4.69, 9.17) is 0 Å². The van der Waals surface area contributed by atoms with Crippen molar-refractivity contribution in [3.8, 4) is 5.82 Å². The van der Waals surface area contributed by atoms with Crippen molar-refractivity contribution in [1.29, 1.82) is 0 Å². The molecule has 0 radical (unpaired) electrons. The van der Waals surface area contributed by atoms with Crippen molar-refractivity contribution in [1.82, 2.24) is 25.1 Å². The Morgan fingerprint density at radius 3 is 2.52 bits per heavy atom. The maximum absolute atomic E-state index is 12.6. The number of halogens is 3. The predicted molar refractivity (Wildman–Crippen MR) is 101 cm³/mol. The summed E-state index contributed by atoms with van der Waals surface area (Å²) in [5.41, 5.74) is 0.646. The molecule has 0 aliphatic heterocycles. The van der Waals surface area contributed by atoms with Crippen LogP contribution in [0.15, 0.2) is 48.9 Å². The molecule has 0 aliphatic carbocycles. The number of carbonyl (C=O) groups is 1. The molecule has 29 heavy (non-hydrogen) atoms. The average Bonchev–Trinajstić information content (AvgIpc) is 3.12. The van der Waals surface area contributed by atoms with Crippen LogP contribution in [-0.2, 0) is 17.4 Å². The normalized spacial score (nSPS) is 11.3. The Bertz CT molecular complexity index is 969. The molecule has 3 rings (SSSR count). The number of nitrogens with one attached hydrogen (secondary N) is 2. The van der Waals surface area contributed by atoms with Crippen LogP contribution in [0.2, 0.25) is 0 Å². The van der Waals surface area contributed by atoms with E-state index in [9.17, 15) is 18.0 Å². The maximum Gasteiger partial charge on any atom is 0.416 e. The molecule has 0 atom stereocenters. The highest BCUT2D eigenvalue weighted by Gasteiger charge is 2.29. The summed E-state index contributed by atoms with van der Waals surface area (Å²) in [7, 11) is 0.